The Morgan fingerprint density at radius 1 is 1.00 bits per heavy atom. The predicted octanol–water partition coefficient (Wildman–Crippen LogP) is -0.00952. The van der Waals surface area contributed by atoms with Gasteiger partial charge in [0.05, 0.1) is 12.6 Å². The van der Waals surface area contributed by atoms with Crippen molar-refractivity contribution in [3.63, 3.8) is 0 Å². The Kier molecular flexibility index (Phi) is 8.51. The van der Waals surface area contributed by atoms with Gasteiger partial charge in [0.1, 0.15) is 12.6 Å². The Morgan fingerprint density at radius 3 is 2.21 bits per heavy atom. The van der Waals surface area contributed by atoms with E-state index in [2.05, 4.69) is 15.5 Å². The molecule has 9 nitrogen and oxygen atoms in total. The molecule has 2 aliphatic heterocycles. The van der Waals surface area contributed by atoms with Gasteiger partial charge in [-0.15, -0.1) is 0 Å². The van der Waals surface area contributed by atoms with Crippen molar-refractivity contribution in [1.82, 2.24) is 25.3 Å². The van der Waals surface area contributed by atoms with Crippen molar-refractivity contribution in [1.29, 1.82) is 5.26 Å². The lowest BCUT2D eigenvalue weighted by Crippen LogP contribution is -2.57. The number of hydrogen-bond acceptors (Lipinski definition) is 5. The van der Waals surface area contributed by atoms with E-state index in [0.717, 1.165) is 25.9 Å². The molecule has 156 valence electrons. The van der Waals surface area contributed by atoms with E-state index in [-0.39, 0.29) is 30.3 Å². The predicted molar refractivity (Wildman–Crippen MR) is 104 cm³/mol. The topological polar surface area (TPSA) is 109 Å². The summed E-state index contributed by atoms with van der Waals surface area (Å²) in [6, 6.07) is 0.941. The van der Waals surface area contributed by atoms with Crippen molar-refractivity contribution in [3.05, 3.63) is 0 Å². The molecule has 2 fully saturated rings. The van der Waals surface area contributed by atoms with Gasteiger partial charge in [0.25, 0.3) is 0 Å². The Balaban J connectivity index is 1.79. The molecule has 0 unspecified atom stereocenters. The number of nitrogens with one attached hydrogen (secondary N) is 2. The smallest absolute Gasteiger partial charge is 0.318 e. The van der Waals surface area contributed by atoms with Crippen molar-refractivity contribution < 1.29 is 14.4 Å². The van der Waals surface area contributed by atoms with Gasteiger partial charge in [-0.3, -0.25) is 14.5 Å². The summed E-state index contributed by atoms with van der Waals surface area (Å²) in [6.07, 6.45) is 2.67. The largest absolute Gasteiger partial charge is 0.342 e. The number of piperazine rings is 1. The molecule has 1 atom stereocenters. The summed E-state index contributed by atoms with van der Waals surface area (Å²) in [5.41, 5.74) is 0. The summed E-state index contributed by atoms with van der Waals surface area (Å²) in [4.78, 5) is 42.7. The van der Waals surface area contributed by atoms with E-state index in [0.29, 0.717) is 39.1 Å². The molecule has 0 bridgehead atoms. The number of likely N-dealkylation sites (tertiary alicyclic amines) is 1. The minimum atomic E-state index is -0.657. The molecule has 2 heterocycles. The maximum absolute atomic E-state index is 12.6. The number of nitriles is 1. The van der Waals surface area contributed by atoms with Crippen LogP contribution in [0.3, 0.4) is 0 Å². The van der Waals surface area contributed by atoms with Gasteiger partial charge in [0.15, 0.2) is 0 Å². The molecule has 0 aromatic carbocycles. The van der Waals surface area contributed by atoms with Gasteiger partial charge in [-0.1, -0.05) is 13.8 Å². The van der Waals surface area contributed by atoms with Crippen LogP contribution >= 0.6 is 0 Å². The lowest BCUT2D eigenvalue weighted by Gasteiger charge is -2.35. The first-order valence-electron chi connectivity index (χ1n) is 10.1. The Morgan fingerprint density at radius 2 is 1.64 bits per heavy atom. The Bertz CT molecular complexity index is 589. The molecule has 0 aromatic heterocycles. The molecule has 0 radical (unpaired) electrons. The molecule has 2 aliphatic rings. The molecule has 2 saturated heterocycles. The first-order valence-corrected chi connectivity index (χ1v) is 10.1. The van der Waals surface area contributed by atoms with Crippen LogP contribution in [0, 0.1) is 17.2 Å². The van der Waals surface area contributed by atoms with Gasteiger partial charge < -0.3 is 20.4 Å². The standard InChI is InChI=1S/C19H32N6O3/c1-15(2)13-16(18(27)21-6-5-20)22-19(28)25-11-9-23(10-12-25)14-17(26)24-7-3-4-8-24/h15-16H,3-4,6-14H2,1-2H3,(H,21,27)(H,22,28)/t16-/m0/s1. The van der Waals surface area contributed by atoms with Crippen LogP contribution in [0.5, 0.6) is 0 Å². The maximum atomic E-state index is 12.6. The van der Waals surface area contributed by atoms with Crippen LogP contribution in [0.1, 0.15) is 33.1 Å². The van der Waals surface area contributed by atoms with Crippen LogP contribution in [0.15, 0.2) is 0 Å². The van der Waals surface area contributed by atoms with E-state index in [9.17, 15) is 14.4 Å². The third-order valence-electron chi connectivity index (χ3n) is 5.14. The van der Waals surface area contributed by atoms with Gasteiger partial charge in [-0.2, -0.15) is 5.26 Å². The highest BCUT2D eigenvalue weighted by molar-refractivity contribution is 5.87. The molecule has 2 rings (SSSR count). The third-order valence-corrected chi connectivity index (χ3v) is 5.14. The molecular weight excluding hydrogens is 360 g/mol. The zero-order chi connectivity index (χ0) is 20.5. The average molecular weight is 393 g/mol. The zero-order valence-electron chi connectivity index (χ0n) is 16.9. The summed E-state index contributed by atoms with van der Waals surface area (Å²) in [7, 11) is 0. The minimum absolute atomic E-state index is 0.0764. The van der Waals surface area contributed by atoms with Crippen LogP contribution in [0.4, 0.5) is 4.79 Å². The highest BCUT2D eigenvalue weighted by Gasteiger charge is 2.28. The molecule has 0 aromatic rings. The van der Waals surface area contributed by atoms with Crippen molar-refractivity contribution in [2.24, 2.45) is 5.92 Å². The van der Waals surface area contributed by atoms with E-state index in [4.69, 9.17) is 5.26 Å². The molecular formula is C19H32N6O3. The van der Waals surface area contributed by atoms with E-state index >= 15 is 0 Å². The monoisotopic (exact) mass is 392 g/mol. The number of carbonyl (C=O) groups excluding carboxylic acids is 3. The molecule has 0 spiro atoms. The molecule has 4 amide bonds. The lowest BCUT2D eigenvalue weighted by atomic mass is 10.0. The molecule has 0 saturated carbocycles. The second-order valence-corrected chi connectivity index (χ2v) is 7.86. The van der Waals surface area contributed by atoms with Crippen LogP contribution in [0.2, 0.25) is 0 Å². The summed E-state index contributed by atoms with van der Waals surface area (Å²) in [5.74, 6) is 0.0617. The fourth-order valence-corrected chi connectivity index (χ4v) is 3.56. The van der Waals surface area contributed by atoms with E-state index in [1.165, 1.54) is 0 Å². The SMILES string of the molecule is CC(C)C[C@H](NC(=O)N1CCN(CC(=O)N2CCCC2)CC1)C(=O)NCC#N. The van der Waals surface area contributed by atoms with Crippen molar-refractivity contribution >= 4 is 17.8 Å². The normalized spacial score (nSPS) is 18.6. The maximum Gasteiger partial charge on any atom is 0.318 e. The summed E-state index contributed by atoms with van der Waals surface area (Å²) < 4.78 is 0. The van der Waals surface area contributed by atoms with Crippen LogP contribution in [0.25, 0.3) is 0 Å². The van der Waals surface area contributed by atoms with Gasteiger partial charge in [0.2, 0.25) is 11.8 Å². The fourth-order valence-electron chi connectivity index (χ4n) is 3.56. The second kappa shape index (κ2) is 10.9. The van der Waals surface area contributed by atoms with Gasteiger partial charge >= 0.3 is 6.03 Å². The number of hydrogen-bond donors (Lipinski definition) is 2. The number of rotatable bonds is 7. The zero-order valence-corrected chi connectivity index (χ0v) is 16.9. The number of urea groups is 1. The highest BCUT2D eigenvalue weighted by atomic mass is 16.2. The third kappa shape index (κ3) is 6.68. The average Bonchev–Trinajstić information content (AvgIpc) is 3.20. The van der Waals surface area contributed by atoms with E-state index in [1.807, 2.05) is 24.8 Å². The molecule has 9 heteroatoms. The van der Waals surface area contributed by atoms with Gasteiger partial charge in [-0.05, 0) is 25.2 Å². The minimum Gasteiger partial charge on any atom is -0.342 e. The van der Waals surface area contributed by atoms with Crippen molar-refractivity contribution in [3.8, 4) is 6.07 Å². The Labute approximate surface area is 167 Å². The summed E-state index contributed by atoms with van der Waals surface area (Å²) in [5, 5.41) is 13.9. The van der Waals surface area contributed by atoms with Crippen LogP contribution in [-0.2, 0) is 9.59 Å². The molecule has 28 heavy (non-hydrogen) atoms. The summed E-state index contributed by atoms with van der Waals surface area (Å²) in [6.45, 7) is 8.32. The highest BCUT2D eigenvalue weighted by Crippen LogP contribution is 2.10. The lowest BCUT2D eigenvalue weighted by molar-refractivity contribution is -0.131. The van der Waals surface area contributed by atoms with Crippen molar-refractivity contribution in [2.45, 2.75) is 39.2 Å². The van der Waals surface area contributed by atoms with Crippen LogP contribution in [-0.4, -0.2) is 90.9 Å². The molecule has 2 N–H and O–H groups in total. The first kappa shape index (κ1) is 22.0. The second-order valence-electron chi connectivity index (χ2n) is 7.86. The number of nitrogens with zero attached hydrogens (tertiary/aromatic N) is 4. The fraction of sp³-hybridized carbons (Fsp3) is 0.789. The number of amides is 4. The van der Waals surface area contributed by atoms with E-state index < -0.39 is 6.04 Å². The van der Waals surface area contributed by atoms with Gasteiger partial charge in [0, 0.05) is 39.3 Å². The van der Waals surface area contributed by atoms with E-state index in [1.54, 1.807) is 4.90 Å². The summed E-state index contributed by atoms with van der Waals surface area (Å²) >= 11 is 0. The molecule has 0 aliphatic carbocycles. The Hall–Kier alpha value is -2.34. The van der Waals surface area contributed by atoms with Gasteiger partial charge in [-0.25, -0.2) is 4.79 Å². The number of carbonyl (C=O) groups is 3. The first-order chi connectivity index (χ1) is 13.4. The van der Waals surface area contributed by atoms with Crippen molar-refractivity contribution in [2.75, 3.05) is 52.4 Å². The van der Waals surface area contributed by atoms with Crippen LogP contribution < -0.4 is 10.6 Å². The quantitative estimate of drug-likeness (QED) is 0.593.